The maximum Gasteiger partial charge on any atom is 0.262 e. The quantitative estimate of drug-likeness (QED) is 0.332. The van der Waals surface area contributed by atoms with E-state index < -0.39 is 24.3 Å². The highest BCUT2D eigenvalue weighted by Gasteiger charge is 2.36. The van der Waals surface area contributed by atoms with E-state index in [1.165, 1.54) is 0 Å². The van der Waals surface area contributed by atoms with E-state index in [1.807, 2.05) is 32.0 Å². The van der Waals surface area contributed by atoms with Gasteiger partial charge in [-0.05, 0) is 49.7 Å². The second-order valence-electron chi connectivity index (χ2n) is 7.68. The number of halogens is 1. The molecule has 1 aromatic heterocycles. The van der Waals surface area contributed by atoms with Gasteiger partial charge in [-0.1, -0.05) is 35.9 Å². The molecule has 2 aromatic carbocycles. The molecule has 9 nitrogen and oxygen atoms in total. The molecular formula is C24H21ClN6O3. The number of amides is 3. The smallest absolute Gasteiger partial charge is 0.262 e. The van der Waals surface area contributed by atoms with Crippen molar-refractivity contribution in [3.63, 3.8) is 0 Å². The number of aliphatic imine (C=N–C) groups is 1. The first-order valence-corrected chi connectivity index (χ1v) is 10.8. The van der Waals surface area contributed by atoms with Crippen molar-refractivity contribution in [2.45, 2.75) is 20.4 Å². The Kier molecular flexibility index (Phi) is 6.65. The Bertz CT molecular complexity index is 1250. The van der Waals surface area contributed by atoms with Gasteiger partial charge in [0.15, 0.2) is 0 Å². The lowest BCUT2D eigenvalue weighted by Gasteiger charge is -2.15. The van der Waals surface area contributed by atoms with E-state index in [-0.39, 0.29) is 29.6 Å². The van der Waals surface area contributed by atoms with Crippen LogP contribution in [0.5, 0.6) is 0 Å². The standard InChI is InChI=1S/C24H21ClN6O3/c1-14-11-15(2)28-24(27-14)30-23(26-12-16-7-9-17(25)10-8-16)29-20(32)13-31-21(33)18-5-3-4-6-19(18)22(31)34/h3-11H,12-13H2,1-2H3,(H2,26,27,28,29,30,32). The van der Waals surface area contributed by atoms with E-state index in [0.717, 1.165) is 21.9 Å². The summed E-state index contributed by atoms with van der Waals surface area (Å²) in [6.07, 6.45) is 0. The van der Waals surface area contributed by atoms with Gasteiger partial charge in [-0.3, -0.25) is 29.9 Å². The van der Waals surface area contributed by atoms with Gasteiger partial charge in [0.1, 0.15) is 6.54 Å². The zero-order chi connectivity index (χ0) is 24.2. The number of aryl methyl sites for hydroxylation is 2. The Balaban J connectivity index is 1.51. The van der Waals surface area contributed by atoms with Gasteiger partial charge in [0.2, 0.25) is 17.8 Å². The topological polar surface area (TPSA) is 117 Å². The van der Waals surface area contributed by atoms with Crippen LogP contribution in [0.3, 0.4) is 0 Å². The van der Waals surface area contributed by atoms with Crippen molar-refractivity contribution >= 4 is 41.2 Å². The van der Waals surface area contributed by atoms with Gasteiger partial charge in [0.05, 0.1) is 17.7 Å². The Morgan fingerprint density at radius 2 is 1.56 bits per heavy atom. The number of fused-ring (bicyclic) bond motifs is 1. The van der Waals surface area contributed by atoms with Crippen molar-refractivity contribution in [1.82, 2.24) is 20.2 Å². The first-order valence-electron chi connectivity index (χ1n) is 10.4. The molecule has 0 bridgehead atoms. The van der Waals surface area contributed by atoms with Crippen molar-refractivity contribution in [2.24, 2.45) is 4.99 Å². The lowest BCUT2D eigenvalue weighted by Crippen LogP contribution is -2.44. The number of carbonyl (C=O) groups excluding carboxylic acids is 3. The monoisotopic (exact) mass is 476 g/mol. The van der Waals surface area contributed by atoms with Crippen LogP contribution in [-0.4, -0.2) is 45.1 Å². The summed E-state index contributed by atoms with van der Waals surface area (Å²) in [5, 5.41) is 6.15. The molecule has 2 N–H and O–H groups in total. The number of benzene rings is 2. The summed E-state index contributed by atoms with van der Waals surface area (Å²) in [5.41, 5.74) is 2.89. The largest absolute Gasteiger partial charge is 0.295 e. The molecule has 0 aliphatic carbocycles. The molecule has 172 valence electrons. The second kappa shape index (κ2) is 9.80. The van der Waals surface area contributed by atoms with Crippen LogP contribution < -0.4 is 10.6 Å². The Hall–Kier alpha value is -4.11. The van der Waals surface area contributed by atoms with Gasteiger partial charge in [-0.2, -0.15) is 0 Å². The molecule has 2 heterocycles. The van der Waals surface area contributed by atoms with Crippen LogP contribution in [0.1, 0.15) is 37.7 Å². The third kappa shape index (κ3) is 5.26. The van der Waals surface area contributed by atoms with Gasteiger partial charge in [-0.15, -0.1) is 0 Å². The summed E-state index contributed by atoms with van der Waals surface area (Å²) in [6, 6.07) is 15.4. The van der Waals surface area contributed by atoms with E-state index in [1.54, 1.807) is 36.4 Å². The van der Waals surface area contributed by atoms with E-state index in [4.69, 9.17) is 11.6 Å². The summed E-state index contributed by atoms with van der Waals surface area (Å²) in [6.45, 7) is 3.43. The number of hydrogen-bond acceptors (Lipinski definition) is 6. The average molecular weight is 477 g/mol. The number of anilines is 1. The number of aromatic nitrogens is 2. The van der Waals surface area contributed by atoms with Crippen LogP contribution in [0.2, 0.25) is 5.02 Å². The van der Waals surface area contributed by atoms with Crippen molar-refractivity contribution in [3.05, 3.63) is 87.7 Å². The molecule has 1 aliphatic rings. The fourth-order valence-corrected chi connectivity index (χ4v) is 3.58. The zero-order valence-corrected chi connectivity index (χ0v) is 19.3. The fraction of sp³-hybridized carbons (Fsp3) is 0.167. The summed E-state index contributed by atoms with van der Waals surface area (Å²) < 4.78 is 0. The van der Waals surface area contributed by atoms with Crippen LogP contribution in [-0.2, 0) is 11.3 Å². The summed E-state index contributed by atoms with van der Waals surface area (Å²) in [7, 11) is 0. The minimum atomic E-state index is -0.596. The van der Waals surface area contributed by atoms with E-state index in [2.05, 4.69) is 25.6 Å². The van der Waals surface area contributed by atoms with Gasteiger partial charge >= 0.3 is 0 Å². The molecule has 4 rings (SSSR count). The molecule has 0 fully saturated rings. The predicted molar refractivity (Wildman–Crippen MR) is 128 cm³/mol. The summed E-state index contributed by atoms with van der Waals surface area (Å²) in [5.74, 6) is -1.28. The molecule has 10 heteroatoms. The normalized spacial score (nSPS) is 13.1. The van der Waals surface area contributed by atoms with Gasteiger partial charge in [-0.25, -0.2) is 15.0 Å². The molecule has 1 aliphatic heterocycles. The Labute approximate surface area is 200 Å². The summed E-state index contributed by atoms with van der Waals surface area (Å²) in [4.78, 5) is 51.9. The third-order valence-corrected chi connectivity index (χ3v) is 5.24. The van der Waals surface area contributed by atoms with Crippen LogP contribution in [0, 0.1) is 13.8 Å². The average Bonchev–Trinajstić information content (AvgIpc) is 3.03. The molecule has 0 atom stereocenters. The number of hydrogen-bond donors (Lipinski definition) is 2. The minimum Gasteiger partial charge on any atom is -0.295 e. The Morgan fingerprint density at radius 1 is 0.971 bits per heavy atom. The highest BCUT2D eigenvalue weighted by Crippen LogP contribution is 2.22. The zero-order valence-electron chi connectivity index (χ0n) is 18.5. The van der Waals surface area contributed by atoms with Crippen LogP contribution >= 0.6 is 11.6 Å². The highest BCUT2D eigenvalue weighted by atomic mass is 35.5. The lowest BCUT2D eigenvalue weighted by molar-refractivity contribution is -0.120. The first-order chi connectivity index (χ1) is 16.3. The molecule has 34 heavy (non-hydrogen) atoms. The van der Waals surface area contributed by atoms with E-state index in [0.29, 0.717) is 5.02 Å². The van der Waals surface area contributed by atoms with E-state index in [9.17, 15) is 14.4 Å². The van der Waals surface area contributed by atoms with Crippen LogP contribution in [0.4, 0.5) is 5.95 Å². The van der Waals surface area contributed by atoms with Crippen molar-refractivity contribution in [1.29, 1.82) is 0 Å². The van der Waals surface area contributed by atoms with Gasteiger partial charge in [0.25, 0.3) is 11.8 Å². The summed E-state index contributed by atoms with van der Waals surface area (Å²) >= 11 is 5.94. The lowest BCUT2D eigenvalue weighted by atomic mass is 10.1. The molecule has 0 spiro atoms. The number of nitrogens with one attached hydrogen (secondary N) is 2. The molecule has 0 saturated heterocycles. The highest BCUT2D eigenvalue weighted by molar-refractivity contribution is 6.30. The minimum absolute atomic E-state index is 0.0848. The molecule has 3 amide bonds. The molecule has 0 radical (unpaired) electrons. The molecule has 0 unspecified atom stereocenters. The number of guanidine groups is 1. The SMILES string of the molecule is Cc1cc(C)nc(NC(=NCc2ccc(Cl)cc2)NC(=O)CN2C(=O)c3ccccc3C2=O)n1. The van der Waals surface area contributed by atoms with E-state index >= 15 is 0 Å². The van der Waals surface area contributed by atoms with Gasteiger partial charge < -0.3 is 0 Å². The third-order valence-electron chi connectivity index (χ3n) is 4.98. The van der Waals surface area contributed by atoms with Crippen molar-refractivity contribution in [2.75, 3.05) is 11.9 Å². The number of nitrogens with zero attached hydrogens (tertiary/aromatic N) is 4. The van der Waals surface area contributed by atoms with Crippen LogP contribution in [0.25, 0.3) is 0 Å². The van der Waals surface area contributed by atoms with Crippen molar-refractivity contribution in [3.8, 4) is 0 Å². The first kappa shape index (κ1) is 23.1. The van der Waals surface area contributed by atoms with Gasteiger partial charge in [0, 0.05) is 16.4 Å². The second-order valence-corrected chi connectivity index (χ2v) is 8.12. The number of rotatable bonds is 5. The maximum atomic E-state index is 12.8. The molecular weight excluding hydrogens is 456 g/mol. The number of imide groups is 1. The predicted octanol–water partition coefficient (Wildman–Crippen LogP) is 3.13. The number of carbonyl (C=O) groups is 3. The Morgan fingerprint density at radius 3 is 2.15 bits per heavy atom. The fourth-order valence-electron chi connectivity index (χ4n) is 3.46. The molecule has 3 aromatic rings. The van der Waals surface area contributed by atoms with Crippen molar-refractivity contribution < 1.29 is 14.4 Å². The van der Waals surface area contributed by atoms with Crippen LogP contribution in [0.15, 0.2) is 59.6 Å². The maximum absolute atomic E-state index is 12.8. The molecule has 0 saturated carbocycles.